The zero-order chi connectivity index (χ0) is 26.2. The monoisotopic (exact) mass is 510 g/mol. The molecule has 2 aromatic carbocycles. The van der Waals surface area contributed by atoms with Gasteiger partial charge in [-0.2, -0.15) is 18.2 Å². The van der Waals surface area contributed by atoms with Crippen LogP contribution in [-0.4, -0.2) is 67.6 Å². The number of fused-ring (bicyclic) bond motifs is 1. The molecular weight excluding hydrogens is 481 g/mol. The van der Waals surface area contributed by atoms with Crippen LogP contribution in [0.1, 0.15) is 27.2 Å². The minimum Gasteiger partial charge on any atom is -0.368 e. The highest BCUT2D eigenvalue weighted by atomic mass is 19.4. The van der Waals surface area contributed by atoms with E-state index in [1.165, 1.54) is 17.8 Å². The summed E-state index contributed by atoms with van der Waals surface area (Å²) in [6.45, 7) is 4.11. The van der Waals surface area contributed by atoms with Crippen molar-refractivity contribution in [3.05, 3.63) is 77.0 Å². The van der Waals surface area contributed by atoms with Crippen molar-refractivity contribution in [2.45, 2.75) is 19.1 Å². The molecule has 1 fully saturated rings. The molecule has 3 heterocycles. The summed E-state index contributed by atoms with van der Waals surface area (Å²) in [5.74, 6) is 1.15. The van der Waals surface area contributed by atoms with Gasteiger partial charge in [0, 0.05) is 70.1 Å². The number of piperazine rings is 1. The first-order valence-corrected chi connectivity index (χ1v) is 12.3. The number of para-hydroxylation sites is 1. The van der Waals surface area contributed by atoms with E-state index >= 15 is 0 Å². The van der Waals surface area contributed by atoms with Crippen LogP contribution in [-0.2, 0) is 19.1 Å². The standard InChI is InChI=1S/C27H29F3N6O/c1-33(2)24-22-18-36(25(37)19-8-10-20(11-9-19)27(28,29)30)13-12-23(22)31-26(32-24)35-16-14-34(15-17-35)21-6-4-3-5-7-21/h3-11H,12-18H2,1-2H3. The van der Waals surface area contributed by atoms with Crippen molar-refractivity contribution in [1.82, 2.24) is 14.9 Å². The van der Waals surface area contributed by atoms with Gasteiger partial charge in [-0.05, 0) is 36.4 Å². The lowest BCUT2D eigenvalue weighted by atomic mass is 10.0. The minimum absolute atomic E-state index is 0.233. The molecule has 0 aliphatic carbocycles. The van der Waals surface area contributed by atoms with Crippen LogP contribution in [0.25, 0.3) is 0 Å². The van der Waals surface area contributed by atoms with Crippen molar-refractivity contribution in [2.75, 3.05) is 61.5 Å². The summed E-state index contributed by atoms with van der Waals surface area (Å²) in [7, 11) is 3.83. The Morgan fingerprint density at radius 1 is 0.865 bits per heavy atom. The second kappa shape index (κ2) is 9.91. The van der Waals surface area contributed by atoms with Gasteiger partial charge in [0.05, 0.1) is 17.8 Å². The van der Waals surface area contributed by atoms with Crippen LogP contribution in [0.2, 0.25) is 0 Å². The van der Waals surface area contributed by atoms with Crippen LogP contribution in [0.5, 0.6) is 0 Å². The summed E-state index contributed by atoms with van der Waals surface area (Å²) in [5.41, 5.74) is 2.46. The molecule has 0 radical (unpaired) electrons. The van der Waals surface area contributed by atoms with Crippen molar-refractivity contribution in [1.29, 1.82) is 0 Å². The maximum atomic E-state index is 13.1. The second-order valence-electron chi connectivity index (χ2n) is 9.53. The van der Waals surface area contributed by atoms with Crippen molar-refractivity contribution >= 4 is 23.4 Å². The van der Waals surface area contributed by atoms with E-state index in [0.717, 1.165) is 55.4 Å². The Balaban J connectivity index is 1.32. The number of hydrogen-bond donors (Lipinski definition) is 0. The largest absolute Gasteiger partial charge is 0.416 e. The molecule has 0 atom stereocenters. The Morgan fingerprint density at radius 3 is 2.14 bits per heavy atom. The van der Waals surface area contributed by atoms with Crippen molar-refractivity contribution in [2.24, 2.45) is 0 Å². The van der Waals surface area contributed by atoms with E-state index in [4.69, 9.17) is 9.97 Å². The second-order valence-corrected chi connectivity index (χ2v) is 9.53. The van der Waals surface area contributed by atoms with Gasteiger partial charge in [0.25, 0.3) is 5.91 Å². The molecule has 0 N–H and O–H groups in total. The molecule has 194 valence electrons. The Kier molecular flexibility index (Phi) is 6.66. The molecule has 0 bridgehead atoms. The summed E-state index contributed by atoms with van der Waals surface area (Å²) in [5, 5.41) is 0. The Labute approximate surface area is 214 Å². The SMILES string of the molecule is CN(C)c1nc(N2CCN(c3ccccc3)CC2)nc2c1CN(C(=O)c1ccc(C(F)(F)F)cc1)CC2. The number of hydrogen-bond acceptors (Lipinski definition) is 6. The van der Waals surface area contributed by atoms with E-state index < -0.39 is 11.7 Å². The fourth-order valence-corrected chi connectivity index (χ4v) is 4.86. The van der Waals surface area contributed by atoms with Crippen molar-refractivity contribution in [3.8, 4) is 0 Å². The van der Waals surface area contributed by atoms with Crippen LogP contribution in [0, 0.1) is 0 Å². The number of carbonyl (C=O) groups excluding carboxylic acids is 1. The molecule has 0 saturated carbocycles. The number of amides is 1. The highest BCUT2D eigenvalue weighted by Crippen LogP contribution is 2.31. The zero-order valence-electron chi connectivity index (χ0n) is 20.9. The average molecular weight is 511 g/mol. The lowest BCUT2D eigenvalue weighted by Crippen LogP contribution is -2.47. The quantitative estimate of drug-likeness (QED) is 0.527. The van der Waals surface area contributed by atoms with Crippen molar-refractivity contribution in [3.63, 3.8) is 0 Å². The molecule has 1 saturated heterocycles. The maximum absolute atomic E-state index is 13.1. The predicted molar refractivity (Wildman–Crippen MR) is 137 cm³/mol. The Hall–Kier alpha value is -3.82. The molecular formula is C27H29F3N6O. The van der Waals surface area contributed by atoms with E-state index in [1.807, 2.05) is 37.2 Å². The normalized spacial score (nSPS) is 16.0. The maximum Gasteiger partial charge on any atom is 0.416 e. The van der Waals surface area contributed by atoms with Gasteiger partial charge in [0.1, 0.15) is 5.82 Å². The first-order valence-electron chi connectivity index (χ1n) is 12.3. The van der Waals surface area contributed by atoms with Gasteiger partial charge >= 0.3 is 6.18 Å². The fourth-order valence-electron chi connectivity index (χ4n) is 4.86. The molecule has 7 nitrogen and oxygen atoms in total. The first-order chi connectivity index (χ1) is 17.7. The van der Waals surface area contributed by atoms with Gasteiger partial charge in [-0.3, -0.25) is 4.79 Å². The predicted octanol–water partition coefficient (Wildman–Crippen LogP) is 4.09. The third-order valence-corrected chi connectivity index (χ3v) is 6.88. The fraction of sp³-hybridized carbons (Fsp3) is 0.370. The number of nitrogens with zero attached hydrogens (tertiary/aromatic N) is 6. The third-order valence-electron chi connectivity index (χ3n) is 6.88. The number of aromatic nitrogens is 2. The number of benzene rings is 2. The van der Waals surface area contributed by atoms with Crippen LogP contribution in [0.15, 0.2) is 54.6 Å². The number of carbonyl (C=O) groups is 1. The number of anilines is 3. The summed E-state index contributed by atoms with van der Waals surface area (Å²) in [6, 6.07) is 14.7. The highest BCUT2D eigenvalue weighted by molar-refractivity contribution is 5.94. The summed E-state index contributed by atoms with van der Waals surface area (Å²) >= 11 is 0. The molecule has 2 aliphatic heterocycles. The summed E-state index contributed by atoms with van der Waals surface area (Å²) in [4.78, 5) is 31.0. The molecule has 2 aliphatic rings. The van der Waals surface area contributed by atoms with Crippen LogP contribution in [0.3, 0.4) is 0 Å². The molecule has 1 aromatic heterocycles. The molecule has 10 heteroatoms. The highest BCUT2D eigenvalue weighted by Gasteiger charge is 2.32. The van der Waals surface area contributed by atoms with Gasteiger partial charge in [-0.25, -0.2) is 4.98 Å². The summed E-state index contributed by atoms with van der Waals surface area (Å²) < 4.78 is 38.7. The van der Waals surface area contributed by atoms with E-state index in [2.05, 4.69) is 21.9 Å². The van der Waals surface area contributed by atoms with Crippen molar-refractivity contribution < 1.29 is 18.0 Å². The zero-order valence-corrected chi connectivity index (χ0v) is 20.9. The third kappa shape index (κ3) is 5.19. The smallest absolute Gasteiger partial charge is 0.368 e. The van der Waals surface area contributed by atoms with E-state index in [9.17, 15) is 18.0 Å². The van der Waals surface area contributed by atoms with Gasteiger partial charge in [-0.15, -0.1) is 0 Å². The van der Waals surface area contributed by atoms with Crippen LogP contribution >= 0.6 is 0 Å². The van der Waals surface area contributed by atoms with Gasteiger partial charge < -0.3 is 19.6 Å². The molecule has 0 spiro atoms. The lowest BCUT2D eigenvalue weighted by Gasteiger charge is -2.37. The molecule has 0 unspecified atom stereocenters. The topological polar surface area (TPSA) is 55.8 Å². The lowest BCUT2D eigenvalue weighted by molar-refractivity contribution is -0.137. The van der Waals surface area contributed by atoms with E-state index in [1.54, 1.807) is 4.90 Å². The molecule has 1 amide bonds. The average Bonchev–Trinajstić information content (AvgIpc) is 2.92. The van der Waals surface area contributed by atoms with E-state index in [0.29, 0.717) is 25.5 Å². The number of halogens is 3. The van der Waals surface area contributed by atoms with Crippen LogP contribution in [0.4, 0.5) is 30.6 Å². The number of alkyl halides is 3. The summed E-state index contributed by atoms with van der Waals surface area (Å²) in [6.07, 6.45) is -3.88. The van der Waals surface area contributed by atoms with E-state index in [-0.39, 0.29) is 11.5 Å². The van der Waals surface area contributed by atoms with Gasteiger partial charge in [-0.1, -0.05) is 18.2 Å². The van der Waals surface area contributed by atoms with Crippen LogP contribution < -0.4 is 14.7 Å². The molecule has 37 heavy (non-hydrogen) atoms. The molecule has 3 aromatic rings. The molecule has 5 rings (SSSR count). The van der Waals surface area contributed by atoms with Gasteiger partial charge in [0.2, 0.25) is 5.95 Å². The van der Waals surface area contributed by atoms with Gasteiger partial charge in [0.15, 0.2) is 0 Å². The first kappa shape index (κ1) is 24.9. The minimum atomic E-state index is -4.44. The number of rotatable bonds is 4. The Morgan fingerprint density at radius 2 is 1.51 bits per heavy atom. The Bertz CT molecular complexity index is 1260.